The van der Waals surface area contributed by atoms with E-state index in [4.69, 9.17) is 10.7 Å². The lowest BCUT2D eigenvalue weighted by molar-refractivity contribution is 1.12. The predicted molar refractivity (Wildman–Crippen MR) is 109 cm³/mol. The summed E-state index contributed by atoms with van der Waals surface area (Å²) in [4.78, 5) is 13.7. The highest BCUT2D eigenvalue weighted by molar-refractivity contribution is 5.92. The van der Waals surface area contributed by atoms with Gasteiger partial charge in [-0.3, -0.25) is 0 Å². The van der Waals surface area contributed by atoms with Gasteiger partial charge in [0, 0.05) is 18.0 Å². The fraction of sp³-hybridized carbons (Fsp3) is 0.0455. The molecular formula is C22H17N5. The molecule has 3 aromatic heterocycles. The van der Waals surface area contributed by atoms with Crippen LogP contribution >= 0.6 is 0 Å². The third-order valence-electron chi connectivity index (χ3n) is 4.75. The number of aromatic nitrogens is 4. The lowest BCUT2D eigenvalue weighted by atomic mass is 10.1. The maximum atomic E-state index is 6.11. The van der Waals surface area contributed by atoms with Crippen LogP contribution in [0.15, 0.2) is 67.3 Å². The van der Waals surface area contributed by atoms with Crippen LogP contribution in [0.2, 0.25) is 0 Å². The van der Waals surface area contributed by atoms with Crippen LogP contribution in [0, 0.1) is 0 Å². The van der Waals surface area contributed by atoms with Gasteiger partial charge in [-0.15, -0.1) is 0 Å². The molecule has 0 saturated carbocycles. The van der Waals surface area contributed by atoms with Crippen molar-refractivity contribution >= 4 is 29.1 Å². The number of nitrogen functional groups attached to an aromatic ring is 1. The average molecular weight is 351 g/mol. The molecule has 4 aromatic rings. The number of nitrogens with two attached hydrogens (primary N) is 1. The van der Waals surface area contributed by atoms with E-state index in [2.05, 4.69) is 52.5 Å². The summed E-state index contributed by atoms with van der Waals surface area (Å²) in [6, 6.07) is 14.4. The Labute approximate surface area is 156 Å². The van der Waals surface area contributed by atoms with Gasteiger partial charge in [-0.05, 0) is 29.7 Å². The van der Waals surface area contributed by atoms with Gasteiger partial charge < -0.3 is 10.1 Å². The normalized spacial score (nSPS) is 13.3. The maximum absolute atomic E-state index is 6.11. The molecule has 0 atom stereocenters. The topological polar surface area (TPSA) is 69.1 Å². The zero-order valence-electron chi connectivity index (χ0n) is 14.6. The summed E-state index contributed by atoms with van der Waals surface area (Å²) >= 11 is 0. The molecule has 0 unspecified atom stereocenters. The lowest BCUT2D eigenvalue weighted by Gasteiger charge is -2.07. The predicted octanol–water partition coefficient (Wildman–Crippen LogP) is 4.33. The molecule has 5 nitrogen and oxygen atoms in total. The highest BCUT2D eigenvalue weighted by atomic mass is 15.0. The van der Waals surface area contributed by atoms with Gasteiger partial charge in [0.2, 0.25) is 0 Å². The highest BCUT2D eigenvalue weighted by Crippen LogP contribution is 2.31. The number of nitrogens with zero attached hydrogens (tertiary/aromatic N) is 4. The Morgan fingerprint density at radius 1 is 1.00 bits per heavy atom. The van der Waals surface area contributed by atoms with E-state index in [1.165, 1.54) is 0 Å². The third kappa shape index (κ3) is 2.69. The number of hydrogen-bond donors (Lipinski definition) is 1. The Hall–Kier alpha value is -3.73. The first-order valence-corrected chi connectivity index (χ1v) is 8.81. The summed E-state index contributed by atoms with van der Waals surface area (Å²) in [6.45, 7) is 0. The molecule has 0 amide bonds. The van der Waals surface area contributed by atoms with Crippen LogP contribution in [-0.4, -0.2) is 19.4 Å². The molecule has 5 heteroatoms. The zero-order chi connectivity index (χ0) is 18.2. The van der Waals surface area contributed by atoms with E-state index >= 15 is 0 Å². The zero-order valence-corrected chi connectivity index (χ0v) is 14.6. The van der Waals surface area contributed by atoms with E-state index in [1.54, 1.807) is 12.5 Å². The van der Waals surface area contributed by atoms with E-state index in [0.29, 0.717) is 5.82 Å². The van der Waals surface area contributed by atoms with Gasteiger partial charge in [-0.1, -0.05) is 48.6 Å². The van der Waals surface area contributed by atoms with Crippen molar-refractivity contribution in [3.8, 4) is 11.3 Å². The molecule has 130 valence electrons. The van der Waals surface area contributed by atoms with Gasteiger partial charge in [0.05, 0.1) is 17.1 Å². The Morgan fingerprint density at radius 3 is 2.78 bits per heavy atom. The molecule has 5 rings (SSSR count). The third-order valence-corrected chi connectivity index (χ3v) is 4.75. The quantitative estimate of drug-likeness (QED) is 0.583. The SMILES string of the molecule is Nc1nccn2cnc(C3=Cc4nc(-c5ccccc5)ccc4C=CC3)c12. The van der Waals surface area contributed by atoms with Crippen LogP contribution in [0.5, 0.6) is 0 Å². The van der Waals surface area contributed by atoms with Gasteiger partial charge >= 0.3 is 0 Å². The summed E-state index contributed by atoms with van der Waals surface area (Å²) in [5.74, 6) is 0.477. The number of fused-ring (bicyclic) bond motifs is 2. The summed E-state index contributed by atoms with van der Waals surface area (Å²) in [6.07, 6.45) is 12.4. The molecule has 0 saturated heterocycles. The first-order chi connectivity index (χ1) is 13.3. The smallest absolute Gasteiger partial charge is 0.150 e. The number of anilines is 1. The van der Waals surface area contributed by atoms with Gasteiger partial charge in [0.15, 0.2) is 0 Å². The van der Waals surface area contributed by atoms with Crippen molar-refractivity contribution < 1.29 is 0 Å². The van der Waals surface area contributed by atoms with E-state index in [1.807, 2.05) is 28.8 Å². The van der Waals surface area contributed by atoms with Crippen molar-refractivity contribution in [3.63, 3.8) is 0 Å². The van der Waals surface area contributed by atoms with Crippen LogP contribution < -0.4 is 5.73 Å². The van der Waals surface area contributed by atoms with E-state index in [-0.39, 0.29) is 0 Å². The number of imidazole rings is 1. The van der Waals surface area contributed by atoms with Crippen molar-refractivity contribution in [1.82, 2.24) is 19.4 Å². The molecule has 3 heterocycles. The van der Waals surface area contributed by atoms with E-state index in [9.17, 15) is 0 Å². The van der Waals surface area contributed by atoms with E-state index in [0.717, 1.165) is 45.7 Å². The number of hydrogen-bond acceptors (Lipinski definition) is 4. The Balaban J connectivity index is 1.66. The van der Waals surface area contributed by atoms with Crippen LogP contribution in [0.3, 0.4) is 0 Å². The standard InChI is InChI=1S/C22H17N5/c23-22-21-20(25-14-27(21)12-11-24-22)17-8-4-7-16-9-10-18(26-19(16)13-17)15-5-2-1-3-6-15/h1-7,9-14H,8H2,(H2,23,24). The second-order valence-corrected chi connectivity index (χ2v) is 6.47. The number of pyridine rings is 1. The second kappa shape index (κ2) is 6.21. The largest absolute Gasteiger partial charge is 0.382 e. The Kier molecular flexibility index (Phi) is 3.57. The van der Waals surface area contributed by atoms with E-state index < -0.39 is 0 Å². The molecule has 1 aliphatic rings. The monoisotopic (exact) mass is 351 g/mol. The minimum atomic E-state index is 0.477. The molecule has 27 heavy (non-hydrogen) atoms. The Bertz CT molecular complexity index is 1200. The van der Waals surface area contributed by atoms with Crippen LogP contribution in [-0.2, 0) is 0 Å². The number of benzene rings is 1. The summed E-state index contributed by atoms with van der Waals surface area (Å²) in [5, 5.41) is 0. The van der Waals surface area contributed by atoms with Gasteiger partial charge in [-0.2, -0.15) is 0 Å². The number of rotatable bonds is 2. The summed E-state index contributed by atoms with van der Waals surface area (Å²) in [5.41, 5.74) is 13.0. The molecule has 0 fully saturated rings. The van der Waals surface area contributed by atoms with Gasteiger partial charge in [0.25, 0.3) is 0 Å². The fourth-order valence-corrected chi connectivity index (χ4v) is 3.42. The van der Waals surface area contributed by atoms with Crippen molar-refractivity contribution in [2.45, 2.75) is 6.42 Å². The van der Waals surface area contributed by atoms with Crippen LogP contribution in [0.4, 0.5) is 5.82 Å². The van der Waals surface area contributed by atoms with Crippen molar-refractivity contribution in [1.29, 1.82) is 0 Å². The lowest BCUT2D eigenvalue weighted by Crippen LogP contribution is -1.96. The molecule has 0 bridgehead atoms. The molecule has 1 aromatic carbocycles. The first-order valence-electron chi connectivity index (χ1n) is 8.81. The summed E-state index contributed by atoms with van der Waals surface area (Å²) in [7, 11) is 0. The molecule has 0 spiro atoms. The average Bonchev–Trinajstić information content (AvgIpc) is 3.03. The molecule has 1 aliphatic carbocycles. The molecule has 0 aliphatic heterocycles. The van der Waals surface area contributed by atoms with Gasteiger partial charge in [-0.25, -0.2) is 15.0 Å². The van der Waals surface area contributed by atoms with Crippen molar-refractivity contribution in [3.05, 3.63) is 84.2 Å². The highest BCUT2D eigenvalue weighted by Gasteiger charge is 2.15. The Morgan fingerprint density at radius 2 is 1.89 bits per heavy atom. The maximum Gasteiger partial charge on any atom is 0.150 e. The fourth-order valence-electron chi connectivity index (χ4n) is 3.42. The molecular weight excluding hydrogens is 334 g/mol. The van der Waals surface area contributed by atoms with Crippen molar-refractivity contribution in [2.75, 3.05) is 5.73 Å². The van der Waals surface area contributed by atoms with Crippen molar-refractivity contribution in [2.24, 2.45) is 0 Å². The molecule has 2 N–H and O–H groups in total. The minimum absolute atomic E-state index is 0.477. The first kappa shape index (κ1) is 15.5. The van der Waals surface area contributed by atoms with Gasteiger partial charge in [0.1, 0.15) is 17.7 Å². The minimum Gasteiger partial charge on any atom is -0.382 e. The molecule has 0 radical (unpaired) electrons. The summed E-state index contributed by atoms with van der Waals surface area (Å²) < 4.78 is 1.90. The number of allylic oxidation sites excluding steroid dienone is 2. The van der Waals surface area contributed by atoms with Crippen LogP contribution in [0.25, 0.3) is 34.5 Å². The second-order valence-electron chi connectivity index (χ2n) is 6.47. The van der Waals surface area contributed by atoms with Crippen LogP contribution in [0.1, 0.15) is 23.4 Å².